The molecule has 6 nitrogen and oxygen atoms in total. The van der Waals surface area contributed by atoms with Crippen molar-refractivity contribution in [3.05, 3.63) is 22.7 Å². The number of anilines is 1. The maximum atomic E-state index is 12.1. The van der Waals surface area contributed by atoms with E-state index in [2.05, 4.69) is 5.32 Å². The summed E-state index contributed by atoms with van der Waals surface area (Å²) in [5.74, 6) is -1.47. The van der Waals surface area contributed by atoms with E-state index in [4.69, 9.17) is 27.2 Å². The van der Waals surface area contributed by atoms with Crippen LogP contribution in [0, 0.1) is 5.41 Å². The number of carboxylic acids is 1. The molecular formula is C14H19ClN2O4. The normalized spacial score (nSPS) is 12.7. The molecule has 1 amide bonds. The molecule has 1 rings (SSSR count). The third-order valence-electron chi connectivity index (χ3n) is 2.99. The first-order valence-corrected chi connectivity index (χ1v) is 6.63. The zero-order valence-electron chi connectivity index (χ0n) is 12.4. The van der Waals surface area contributed by atoms with Crippen LogP contribution in [0.4, 0.5) is 5.69 Å². The van der Waals surface area contributed by atoms with Crippen LogP contribution in [0.15, 0.2) is 12.1 Å². The Morgan fingerprint density at radius 3 is 2.38 bits per heavy atom. The first-order valence-electron chi connectivity index (χ1n) is 6.25. The second-order valence-corrected chi connectivity index (χ2v) is 6.08. The highest BCUT2D eigenvalue weighted by Gasteiger charge is 2.28. The van der Waals surface area contributed by atoms with Gasteiger partial charge in [0.05, 0.1) is 23.9 Å². The minimum absolute atomic E-state index is 0.0828. The molecule has 21 heavy (non-hydrogen) atoms. The lowest BCUT2D eigenvalue weighted by atomic mass is 9.87. The Kier molecular flexibility index (Phi) is 5.20. The summed E-state index contributed by atoms with van der Waals surface area (Å²) in [7, 11) is 1.34. The zero-order chi connectivity index (χ0) is 16.4. The number of rotatable bonds is 4. The van der Waals surface area contributed by atoms with Crippen LogP contribution in [0.3, 0.4) is 0 Å². The van der Waals surface area contributed by atoms with E-state index in [9.17, 15) is 9.59 Å². The molecule has 0 fully saturated rings. The second-order valence-electron chi connectivity index (χ2n) is 5.67. The molecule has 0 aliphatic rings. The van der Waals surface area contributed by atoms with Crippen LogP contribution in [-0.2, 0) is 4.79 Å². The predicted molar refractivity (Wildman–Crippen MR) is 81.0 cm³/mol. The van der Waals surface area contributed by atoms with Crippen molar-refractivity contribution in [3.8, 4) is 5.75 Å². The van der Waals surface area contributed by atoms with Gasteiger partial charge in [0.15, 0.2) is 0 Å². The minimum Gasteiger partial charge on any atom is -0.496 e. The third-order valence-corrected chi connectivity index (χ3v) is 3.31. The first kappa shape index (κ1) is 17.3. The summed E-state index contributed by atoms with van der Waals surface area (Å²) in [5, 5.41) is 11.7. The number of methoxy groups -OCH3 is 1. The quantitative estimate of drug-likeness (QED) is 0.792. The molecule has 0 aliphatic carbocycles. The van der Waals surface area contributed by atoms with Gasteiger partial charge in [0.25, 0.3) is 0 Å². The lowest BCUT2D eigenvalue weighted by Gasteiger charge is -2.26. The van der Waals surface area contributed by atoms with E-state index in [0.717, 1.165) is 0 Å². The fourth-order valence-corrected chi connectivity index (χ4v) is 1.80. The highest BCUT2D eigenvalue weighted by Crippen LogP contribution is 2.31. The van der Waals surface area contributed by atoms with E-state index < -0.39 is 23.3 Å². The topological polar surface area (TPSA) is 102 Å². The number of amides is 1. The van der Waals surface area contributed by atoms with Crippen molar-refractivity contribution in [1.82, 2.24) is 0 Å². The van der Waals surface area contributed by atoms with Crippen LogP contribution in [0.5, 0.6) is 5.75 Å². The zero-order valence-corrected chi connectivity index (χ0v) is 13.1. The summed E-state index contributed by atoms with van der Waals surface area (Å²) in [6.45, 7) is 5.52. The van der Waals surface area contributed by atoms with Gasteiger partial charge in [0, 0.05) is 6.07 Å². The Hall–Kier alpha value is -1.79. The standard InChI is InChI=1S/C14H19ClN2O4/c1-14(2,3)11(16)12(18)17-9-6-10(21-4)7(13(19)20)5-8(9)15/h5-6,11H,16H2,1-4H3,(H,17,18)(H,19,20)/t11-/m1/s1. The Bertz CT molecular complexity index is 567. The summed E-state index contributed by atoms with van der Waals surface area (Å²) in [5.41, 5.74) is 5.62. The van der Waals surface area contributed by atoms with Crippen molar-refractivity contribution in [2.24, 2.45) is 11.1 Å². The molecule has 1 atom stereocenters. The molecular weight excluding hydrogens is 296 g/mol. The average Bonchev–Trinajstić information content (AvgIpc) is 2.38. The Labute approximate surface area is 128 Å². The molecule has 0 bridgehead atoms. The molecule has 0 spiro atoms. The van der Waals surface area contributed by atoms with E-state index >= 15 is 0 Å². The molecule has 0 radical (unpaired) electrons. The Morgan fingerprint density at radius 2 is 1.95 bits per heavy atom. The van der Waals surface area contributed by atoms with Crippen molar-refractivity contribution in [2.45, 2.75) is 26.8 Å². The number of nitrogens with one attached hydrogen (secondary N) is 1. The summed E-state index contributed by atoms with van der Waals surface area (Å²) < 4.78 is 4.99. The second kappa shape index (κ2) is 6.32. The lowest BCUT2D eigenvalue weighted by molar-refractivity contribution is -0.119. The van der Waals surface area contributed by atoms with E-state index in [-0.39, 0.29) is 22.0 Å². The summed E-state index contributed by atoms with van der Waals surface area (Å²) in [6, 6.07) is 1.85. The number of hydrogen-bond donors (Lipinski definition) is 3. The smallest absolute Gasteiger partial charge is 0.339 e. The summed E-state index contributed by atoms with van der Waals surface area (Å²) >= 11 is 5.99. The van der Waals surface area contributed by atoms with Crippen LogP contribution in [0.2, 0.25) is 5.02 Å². The van der Waals surface area contributed by atoms with Crippen molar-refractivity contribution in [1.29, 1.82) is 0 Å². The van der Waals surface area contributed by atoms with Crippen LogP contribution in [0.25, 0.3) is 0 Å². The van der Waals surface area contributed by atoms with Gasteiger partial charge in [-0.05, 0) is 11.5 Å². The summed E-state index contributed by atoms with van der Waals surface area (Å²) in [6.07, 6.45) is 0. The van der Waals surface area contributed by atoms with Crippen molar-refractivity contribution in [2.75, 3.05) is 12.4 Å². The molecule has 0 heterocycles. The number of carboxylic acid groups (broad SMARTS) is 1. The first-order chi connectivity index (χ1) is 9.57. The summed E-state index contributed by atoms with van der Waals surface area (Å²) in [4.78, 5) is 23.1. The molecule has 4 N–H and O–H groups in total. The van der Waals surface area contributed by atoms with Crippen LogP contribution < -0.4 is 15.8 Å². The third kappa shape index (κ3) is 4.09. The number of aromatic carboxylic acids is 1. The Morgan fingerprint density at radius 1 is 1.38 bits per heavy atom. The van der Waals surface area contributed by atoms with Gasteiger partial charge in [-0.1, -0.05) is 32.4 Å². The van der Waals surface area contributed by atoms with Gasteiger partial charge >= 0.3 is 5.97 Å². The Balaban J connectivity index is 3.10. The van der Waals surface area contributed by atoms with Crippen molar-refractivity contribution < 1.29 is 19.4 Å². The number of benzene rings is 1. The molecule has 7 heteroatoms. The maximum absolute atomic E-state index is 12.1. The van der Waals surface area contributed by atoms with Gasteiger partial charge < -0.3 is 20.9 Å². The minimum atomic E-state index is -1.17. The van der Waals surface area contributed by atoms with Crippen LogP contribution in [0.1, 0.15) is 31.1 Å². The van der Waals surface area contributed by atoms with Crippen LogP contribution in [-0.4, -0.2) is 30.1 Å². The average molecular weight is 315 g/mol. The molecule has 116 valence electrons. The molecule has 0 aliphatic heterocycles. The SMILES string of the molecule is COc1cc(NC(=O)[C@@H](N)C(C)(C)C)c(Cl)cc1C(=O)O. The maximum Gasteiger partial charge on any atom is 0.339 e. The number of halogens is 1. The highest BCUT2D eigenvalue weighted by atomic mass is 35.5. The van der Waals surface area contributed by atoms with Gasteiger partial charge in [-0.3, -0.25) is 4.79 Å². The van der Waals surface area contributed by atoms with Crippen LogP contribution >= 0.6 is 11.6 Å². The van der Waals surface area contributed by atoms with Gasteiger partial charge in [-0.25, -0.2) is 4.79 Å². The van der Waals surface area contributed by atoms with E-state index in [1.165, 1.54) is 19.2 Å². The molecule has 0 unspecified atom stereocenters. The number of carbonyl (C=O) groups is 2. The number of nitrogens with two attached hydrogens (primary N) is 1. The molecule has 0 saturated heterocycles. The number of ether oxygens (including phenoxy) is 1. The lowest BCUT2D eigenvalue weighted by Crippen LogP contribution is -2.45. The van der Waals surface area contributed by atoms with Gasteiger partial charge in [0.1, 0.15) is 11.3 Å². The van der Waals surface area contributed by atoms with E-state index in [0.29, 0.717) is 0 Å². The predicted octanol–water partition coefficient (Wildman–Crippen LogP) is 2.36. The van der Waals surface area contributed by atoms with Gasteiger partial charge in [0.2, 0.25) is 5.91 Å². The molecule has 1 aromatic carbocycles. The van der Waals surface area contributed by atoms with Crippen molar-refractivity contribution >= 4 is 29.2 Å². The van der Waals surface area contributed by atoms with Crippen molar-refractivity contribution in [3.63, 3.8) is 0 Å². The fraction of sp³-hybridized carbons (Fsp3) is 0.429. The molecule has 1 aromatic rings. The van der Waals surface area contributed by atoms with Gasteiger partial charge in [-0.2, -0.15) is 0 Å². The number of carbonyl (C=O) groups excluding carboxylic acids is 1. The molecule has 0 saturated carbocycles. The van der Waals surface area contributed by atoms with Gasteiger partial charge in [-0.15, -0.1) is 0 Å². The largest absolute Gasteiger partial charge is 0.496 e. The number of hydrogen-bond acceptors (Lipinski definition) is 4. The van der Waals surface area contributed by atoms with E-state index in [1.807, 2.05) is 20.8 Å². The van der Waals surface area contributed by atoms with E-state index in [1.54, 1.807) is 0 Å². The molecule has 0 aromatic heterocycles. The highest BCUT2D eigenvalue weighted by molar-refractivity contribution is 6.34. The monoisotopic (exact) mass is 314 g/mol. The fourth-order valence-electron chi connectivity index (χ4n) is 1.59.